The van der Waals surface area contributed by atoms with E-state index in [1.165, 1.54) is 31.0 Å². The monoisotopic (exact) mass is 294 g/mol. The van der Waals surface area contributed by atoms with E-state index in [9.17, 15) is 14.9 Å². The molecule has 7 nitrogen and oxygen atoms in total. The van der Waals surface area contributed by atoms with Crippen LogP contribution >= 0.6 is 0 Å². The van der Waals surface area contributed by atoms with E-state index in [1.807, 2.05) is 0 Å². The summed E-state index contributed by atoms with van der Waals surface area (Å²) in [5.41, 5.74) is 0.158. The second-order valence-electron chi connectivity index (χ2n) is 5.09. The van der Waals surface area contributed by atoms with Gasteiger partial charge in [-0.25, -0.2) is 4.79 Å². The maximum atomic E-state index is 11.1. The van der Waals surface area contributed by atoms with Gasteiger partial charge in [-0.3, -0.25) is 10.1 Å². The van der Waals surface area contributed by atoms with Gasteiger partial charge in [0.2, 0.25) is 0 Å². The van der Waals surface area contributed by atoms with Gasteiger partial charge in [0.25, 0.3) is 5.69 Å². The van der Waals surface area contributed by atoms with Gasteiger partial charge in [-0.2, -0.15) is 0 Å². The molecule has 1 fully saturated rings. The fourth-order valence-corrected chi connectivity index (χ4v) is 1.91. The van der Waals surface area contributed by atoms with Crippen molar-refractivity contribution in [1.29, 1.82) is 0 Å². The number of carboxylic acids is 1. The van der Waals surface area contributed by atoms with E-state index in [0.717, 1.165) is 6.61 Å². The second-order valence-corrected chi connectivity index (χ2v) is 5.09. The maximum Gasteiger partial charge on any atom is 0.337 e. The third-order valence-corrected chi connectivity index (χ3v) is 3.28. The highest BCUT2D eigenvalue weighted by Crippen LogP contribution is 2.28. The van der Waals surface area contributed by atoms with Crippen molar-refractivity contribution in [1.82, 2.24) is 0 Å². The highest BCUT2D eigenvalue weighted by atomic mass is 16.6. The van der Waals surface area contributed by atoms with Crippen molar-refractivity contribution in [2.75, 3.05) is 25.1 Å². The summed E-state index contributed by atoms with van der Waals surface area (Å²) < 4.78 is 5.47. The van der Waals surface area contributed by atoms with Gasteiger partial charge in [-0.15, -0.1) is 0 Å². The summed E-state index contributed by atoms with van der Waals surface area (Å²) in [6.45, 7) is 1.89. The first-order valence-corrected chi connectivity index (χ1v) is 6.91. The normalized spacial score (nSPS) is 13.9. The van der Waals surface area contributed by atoms with Gasteiger partial charge in [0.15, 0.2) is 0 Å². The summed E-state index contributed by atoms with van der Waals surface area (Å²) >= 11 is 0. The first kappa shape index (κ1) is 15.2. The predicted octanol–water partition coefficient (Wildman–Crippen LogP) is 2.52. The summed E-state index contributed by atoms with van der Waals surface area (Å²) in [6.07, 6.45) is 3.20. The number of nitro benzene ring substituents is 1. The van der Waals surface area contributed by atoms with Crippen LogP contribution in [0.4, 0.5) is 11.4 Å². The van der Waals surface area contributed by atoms with Crippen LogP contribution in [0.2, 0.25) is 0 Å². The van der Waals surface area contributed by atoms with E-state index in [4.69, 9.17) is 9.84 Å². The minimum Gasteiger partial charge on any atom is -0.478 e. The van der Waals surface area contributed by atoms with Crippen LogP contribution in [0.1, 0.15) is 29.6 Å². The highest BCUT2D eigenvalue weighted by Gasteiger charge is 2.20. The lowest BCUT2D eigenvalue weighted by molar-refractivity contribution is -0.384. The summed E-state index contributed by atoms with van der Waals surface area (Å²) in [5.74, 6) is -0.397. The van der Waals surface area contributed by atoms with Crippen LogP contribution in [0, 0.1) is 16.0 Å². The molecule has 114 valence electrons. The van der Waals surface area contributed by atoms with Gasteiger partial charge >= 0.3 is 5.97 Å². The molecule has 2 N–H and O–H groups in total. The van der Waals surface area contributed by atoms with E-state index in [1.54, 1.807) is 0 Å². The van der Waals surface area contributed by atoms with Crippen LogP contribution in [0.3, 0.4) is 0 Å². The fraction of sp³-hybridized carbons (Fsp3) is 0.500. The number of carbonyl (C=O) groups is 1. The van der Waals surface area contributed by atoms with Gasteiger partial charge in [0.05, 0.1) is 16.2 Å². The van der Waals surface area contributed by atoms with Crippen molar-refractivity contribution in [2.45, 2.75) is 19.3 Å². The molecule has 1 aromatic rings. The fourth-order valence-electron chi connectivity index (χ4n) is 1.91. The average Bonchev–Trinajstić information content (AvgIpc) is 3.26. The van der Waals surface area contributed by atoms with Gasteiger partial charge < -0.3 is 15.2 Å². The van der Waals surface area contributed by atoms with E-state index in [2.05, 4.69) is 5.32 Å². The van der Waals surface area contributed by atoms with Crippen LogP contribution in [0.5, 0.6) is 0 Å². The van der Waals surface area contributed by atoms with Gasteiger partial charge in [0.1, 0.15) is 0 Å². The number of hydrogen-bond donors (Lipinski definition) is 2. The smallest absolute Gasteiger partial charge is 0.337 e. The molecule has 0 spiro atoms. The molecule has 1 aromatic carbocycles. The molecule has 0 aliphatic heterocycles. The number of benzene rings is 1. The van der Waals surface area contributed by atoms with Gasteiger partial charge in [0, 0.05) is 31.9 Å². The molecule has 1 saturated carbocycles. The van der Waals surface area contributed by atoms with E-state index in [-0.39, 0.29) is 16.9 Å². The van der Waals surface area contributed by atoms with Crippen LogP contribution in [0.15, 0.2) is 18.2 Å². The molecule has 0 saturated heterocycles. The Balaban J connectivity index is 1.85. The minimum atomic E-state index is -1.11. The minimum absolute atomic E-state index is 0.0273. The molecule has 7 heteroatoms. The number of nitrogens with one attached hydrogen (secondary N) is 1. The maximum absolute atomic E-state index is 11.1. The Bertz CT molecular complexity index is 528. The number of ether oxygens (including phenoxy) is 1. The molecule has 0 bridgehead atoms. The van der Waals surface area contributed by atoms with Crippen LogP contribution in [-0.4, -0.2) is 35.8 Å². The Hall–Kier alpha value is -2.15. The topological polar surface area (TPSA) is 102 Å². The summed E-state index contributed by atoms with van der Waals surface area (Å²) in [4.78, 5) is 21.3. The molecule has 0 unspecified atom stereocenters. The Morgan fingerprint density at radius 1 is 1.48 bits per heavy atom. The van der Waals surface area contributed by atoms with Crippen LogP contribution in [-0.2, 0) is 4.74 Å². The average molecular weight is 294 g/mol. The van der Waals surface area contributed by atoms with Crippen molar-refractivity contribution in [3.05, 3.63) is 33.9 Å². The quantitative estimate of drug-likeness (QED) is 0.412. The highest BCUT2D eigenvalue weighted by molar-refractivity contribution is 5.94. The Morgan fingerprint density at radius 3 is 2.86 bits per heavy atom. The third-order valence-electron chi connectivity index (χ3n) is 3.28. The zero-order chi connectivity index (χ0) is 15.2. The molecular weight excluding hydrogens is 276 g/mol. The number of hydrogen-bond acceptors (Lipinski definition) is 5. The Labute approximate surface area is 122 Å². The molecule has 21 heavy (non-hydrogen) atoms. The summed E-state index contributed by atoms with van der Waals surface area (Å²) in [7, 11) is 0. The molecule has 0 atom stereocenters. The number of rotatable bonds is 9. The van der Waals surface area contributed by atoms with Crippen LogP contribution in [0.25, 0.3) is 0 Å². The van der Waals surface area contributed by atoms with E-state index < -0.39 is 10.9 Å². The SMILES string of the molecule is O=C(O)c1ccc([N+](=O)[O-])cc1NCCCOCC1CC1. The number of nitrogens with zero attached hydrogens (tertiary/aromatic N) is 1. The lowest BCUT2D eigenvalue weighted by Gasteiger charge is -2.09. The van der Waals surface area contributed by atoms with Crippen molar-refractivity contribution in [3.63, 3.8) is 0 Å². The number of non-ortho nitro benzene ring substituents is 1. The standard InChI is InChI=1S/C14H18N2O5/c17-14(18)12-5-4-11(16(19)20)8-13(12)15-6-1-7-21-9-10-2-3-10/h4-5,8,10,15H,1-3,6-7,9H2,(H,17,18). The molecule has 0 radical (unpaired) electrons. The van der Waals surface area contributed by atoms with Gasteiger partial charge in [-0.05, 0) is 31.2 Å². The second kappa shape index (κ2) is 7.03. The molecule has 2 rings (SSSR count). The predicted molar refractivity (Wildman–Crippen MR) is 76.7 cm³/mol. The van der Waals surface area contributed by atoms with Crippen LogP contribution < -0.4 is 5.32 Å². The number of anilines is 1. The summed E-state index contributed by atoms with van der Waals surface area (Å²) in [5, 5.41) is 22.7. The first-order valence-electron chi connectivity index (χ1n) is 6.91. The Kier molecular flexibility index (Phi) is 5.10. The zero-order valence-electron chi connectivity index (χ0n) is 11.6. The molecule has 1 aliphatic rings. The molecule has 0 amide bonds. The lowest BCUT2D eigenvalue weighted by Crippen LogP contribution is -2.10. The molecular formula is C14H18N2O5. The summed E-state index contributed by atoms with van der Waals surface area (Å²) in [6, 6.07) is 3.67. The number of carboxylic acid groups (broad SMARTS) is 1. The first-order chi connectivity index (χ1) is 10.1. The molecule has 0 heterocycles. The third kappa shape index (κ3) is 4.71. The number of nitro groups is 1. The molecule has 0 aromatic heterocycles. The Morgan fingerprint density at radius 2 is 2.24 bits per heavy atom. The van der Waals surface area contributed by atoms with E-state index >= 15 is 0 Å². The van der Waals surface area contributed by atoms with Gasteiger partial charge in [-0.1, -0.05) is 0 Å². The van der Waals surface area contributed by atoms with Crippen molar-refractivity contribution in [3.8, 4) is 0 Å². The zero-order valence-corrected chi connectivity index (χ0v) is 11.6. The number of aromatic carboxylic acids is 1. The van der Waals surface area contributed by atoms with Crippen molar-refractivity contribution in [2.24, 2.45) is 5.92 Å². The largest absolute Gasteiger partial charge is 0.478 e. The van der Waals surface area contributed by atoms with E-state index in [0.29, 0.717) is 25.5 Å². The van der Waals surface area contributed by atoms with Crippen molar-refractivity contribution >= 4 is 17.3 Å². The lowest BCUT2D eigenvalue weighted by atomic mass is 10.1. The van der Waals surface area contributed by atoms with Crippen molar-refractivity contribution < 1.29 is 19.6 Å². The molecule has 1 aliphatic carbocycles.